The van der Waals surface area contributed by atoms with E-state index in [1.807, 2.05) is 6.92 Å². The van der Waals surface area contributed by atoms with Gasteiger partial charge < -0.3 is 0 Å². The van der Waals surface area contributed by atoms with Crippen LogP contribution >= 0.6 is 0 Å². The average Bonchev–Trinajstić information content (AvgIpc) is 3.13. The Balaban J connectivity index is 2.00. The van der Waals surface area contributed by atoms with Crippen LogP contribution in [-0.2, 0) is 19.4 Å². The van der Waals surface area contributed by atoms with Crippen LogP contribution in [0.5, 0.6) is 0 Å². The maximum atomic E-state index is 9.38. The minimum Gasteiger partial charge on any atom is -0.297 e. The van der Waals surface area contributed by atoms with Gasteiger partial charge in [0.2, 0.25) is 0 Å². The van der Waals surface area contributed by atoms with Crippen molar-refractivity contribution in [3.8, 4) is 6.07 Å². The van der Waals surface area contributed by atoms with Crippen LogP contribution in [0.25, 0.3) is 0 Å². The first-order valence-corrected chi connectivity index (χ1v) is 7.34. The van der Waals surface area contributed by atoms with Gasteiger partial charge >= 0.3 is 0 Å². The summed E-state index contributed by atoms with van der Waals surface area (Å²) < 4.78 is 2.07. The molecule has 1 aromatic rings. The molecular formula is C15H24N4. The van der Waals surface area contributed by atoms with Gasteiger partial charge in [-0.3, -0.25) is 10.00 Å². The molecule has 0 amide bonds. The van der Waals surface area contributed by atoms with Gasteiger partial charge in [0.25, 0.3) is 0 Å². The van der Waals surface area contributed by atoms with Crippen molar-refractivity contribution < 1.29 is 0 Å². The normalized spacial score (nSPS) is 18.0. The van der Waals surface area contributed by atoms with E-state index in [1.165, 1.54) is 18.5 Å². The molecule has 0 bridgehead atoms. The highest BCUT2D eigenvalue weighted by Crippen LogP contribution is 2.24. The minimum absolute atomic E-state index is 0.426. The maximum absolute atomic E-state index is 9.38. The van der Waals surface area contributed by atoms with Gasteiger partial charge in [-0.05, 0) is 45.1 Å². The molecule has 0 aliphatic heterocycles. The summed E-state index contributed by atoms with van der Waals surface area (Å²) in [6.07, 6.45) is 5.18. The molecule has 4 heteroatoms. The zero-order valence-corrected chi connectivity index (χ0v) is 12.2. The summed E-state index contributed by atoms with van der Waals surface area (Å²) in [7, 11) is 0. The lowest BCUT2D eigenvalue weighted by Gasteiger charge is -2.23. The van der Waals surface area contributed by atoms with Crippen molar-refractivity contribution in [3.05, 3.63) is 17.5 Å². The predicted octanol–water partition coefficient (Wildman–Crippen LogP) is 2.43. The lowest BCUT2D eigenvalue weighted by atomic mass is 9.99. The Hall–Kier alpha value is -1.34. The fraction of sp³-hybridized carbons (Fsp3) is 0.733. The molecule has 1 atom stereocenters. The molecule has 1 aliphatic rings. The third-order valence-electron chi connectivity index (χ3n) is 3.81. The first-order chi connectivity index (χ1) is 9.10. The maximum Gasteiger partial charge on any atom is 0.105 e. The Bertz CT molecular complexity index is 467. The van der Waals surface area contributed by atoms with Crippen molar-refractivity contribution >= 4 is 0 Å². The van der Waals surface area contributed by atoms with E-state index in [0.29, 0.717) is 6.04 Å². The molecular weight excluding hydrogens is 236 g/mol. The van der Waals surface area contributed by atoms with Gasteiger partial charge in [0.05, 0.1) is 11.8 Å². The molecule has 1 fully saturated rings. The highest BCUT2D eigenvalue weighted by Gasteiger charge is 2.32. The second-order valence-electron chi connectivity index (χ2n) is 5.67. The van der Waals surface area contributed by atoms with Gasteiger partial charge in [0.15, 0.2) is 0 Å². The summed E-state index contributed by atoms with van der Waals surface area (Å²) in [6, 6.07) is 5.16. The predicted molar refractivity (Wildman–Crippen MR) is 75.8 cm³/mol. The largest absolute Gasteiger partial charge is 0.297 e. The van der Waals surface area contributed by atoms with E-state index < -0.39 is 5.54 Å². The molecule has 1 unspecified atom stereocenters. The number of nitrogens with one attached hydrogen (secondary N) is 1. The van der Waals surface area contributed by atoms with Crippen LogP contribution in [0.1, 0.15) is 51.4 Å². The van der Waals surface area contributed by atoms with E-state index in [4.69, 9.17) is 0 Å². The quantitative estimate of drug-likeness (QED) is 0.819. The Kier molecular flexibility index (Phi) is 4.26. The van der Waals surface area contributed by atoms with Crippen molar-refractivity contribution in [1.29, 1.82) is 5.26 Å². The van der Waals surface area contributed by atoms with Gasteiger partial charge in [0.1, 0.15) is 5.54 Å². The highest BCUT2D eigenvalue weighted by molar-refractivity contribution is 5.11. The molecule has 1 heterocycles. The van der Waals surface area contributed by atoms with Crippen LogP contribution in [0.2, 0.25) is 0 Å². The van der Waals surface area contributed by atoms with E-state index in [0.717, 1.165) is 31.5 Å². The topological polar surface area (TPSA) is 53.6 Å². The Labute approximate surface area is 115 Å². The molecule has 1 N–H and O–H groups in total. The number of nitriles is 1. The number of hydrogen-bond donors (Lipinski definition) is 1. The first kappa shape index (κ1) is 14.1. The van der Waals surface area contributed by atoms with Gasteiger partial charge in [-0.25, -0.2) is 0 Å². The fourth-order valence-electron chi connectivity index (χ4n) is 2.33. The van der Waals surface area contributed by atoms with Gasteiger partial charge in [-0.2, -0.15) is 10.4 Å². The first-order valence-electron chi connectivity index (χ1n) is 7.34. The molecule has 2 rings (SSSR count). The Morgan fingerprint density at radius 2 is 2.21 bits per heavy atom. The molecule has 19 heavy (non-hydrogen) atoms. The smallest absolute Gasteiger partial charge is 0.105 e. The van der Waals surface area contributed by atoms with Crippen molar-refractivity contribution in [2.45, 2.75) is 71.0 Å². The number of aromatic nitrogens is 2. The average molecular weight is 260 g/mol. The molecule has 1 saturated carbocycles. The third kappa shape index (κ3) is 3.57. The van der Waals surface area contributed by atoms with Crippen LogP contribution < -0.4 is 5.32 Å². The number of aryl methyl sites for hydroxylation is 3. The van der Waals surface area contributed by atoms with Crippen LogP contribution in [-0.4, -0.2) is 21.4 Å². The zero-order valence-electron chi connectivity index (χ0n) is 12.2. The van der Waals surface area contributed by atoms with Crippen LogP contribution in [0.15, 0.2) is 6.07 Å². The summed E-state index contributed by atoms with van der Waals surface area (Å²) in [5.41, 5.74) is 1.99. The minimum atomic E-state index is -0.426. The van der Waals surface area contributed by atoms with Gasteiger partial charge in [0, 0.05) is 18.3 Å². The Morgan fingerprint density at radius 3 is 2.74 bits per heavy atom. The molecule has 104 valence electrons. The standard InChI is InChI=1S/C15H24N4/c1-4-12-10-14(5-2)19(18-12)9-8-15(3,11-16)17-13-6-7-13/h10,13,17H,4-9H2,1-3H3. The number of nitrogens with zero attached hydrogens (tertiary/aromatic N) is 3. The summed E-state index contributed by atoms with van der Waals surface area (Å²) in [5.74, 6) is 0. The van der Waals surface area contributed by atoms with E-state index in [-0.39, 0.29) is 0 Å². The fourth-order valence-corrected chi connectivity index (χ4v) is 2.33. The molecule has 0 aromatic carbocycles. The van der Waals surface area contributed by atoms with Crippen molar-refractivity contribution in [1.82, 2.24) is 15.1 Å². The summed E-state index contributed by atoms with van der Waals surface area (Å²) >= 11 is 0. The van der Waals surface area contributed by atoms with E-state index in [9.17, 15) is 5.26 Å². The van der Waals surface area contributed by atoms with E-state index in [1.54, 1.807) is 0 Å². The Morgan fingerprint density at radius 1 is 1.47 bits per heavy atom. The van der Waals surface area contributed by atoms with Crippen molar-refractivity contribution in [3.63, 3.8) is 0 Å². The lowest BCUT2D eigenvalue weighted by molar-refractivity contribution is 0.375. The summed E-state index contributed by atoms with van der Waals surface area (Å²) in [4.78, 5) is 0. The molecule has 0 spiro atoms. The second kappa shape index (κ2) is 5.75. The molecule has 1 aliphatic carbocycles. The monoisotopic (exact) mass is 260 g/mol. The van der Waals surface area contributed by atoms with Crippen LogP contribution in [0.3, 0.4) is 0 Å². The number of hydrogen-bond acceptors (Lipinski definition) is 3. The molecule has 0 saturated heterocycles. The van der Waals surface area contributed by atoms with E-state index in [2.05, 4.69) is 41.1 Å². The van der Waals surface area contributed by atoms with Crippen LogP contribution in [0.4, 0.5) is 0 Å². The SMILES string of the molecule is CCc1cc(CC)n(CCC(C)(C#N)NC2CC2)n1. The number of rotatable bonds is 7. The van der Waals surface area contributed by atoms with Crippen molar-refractivity contribution in [2.24, 2.45) is 0 Å². The van der Waals surface area contributed by atoms with Gasteiger partial charge in [-0.1, -0.05) is 13.8 Å². The van der Waals surface area contributed by atoms with Crippen LogP contribution in [0, 0.1) is 11.3 Å². The van der Waals surface area contributed by atoms with Gasteiger partial charge in [-0.15, -0.1) is 0 Å². The molecule has 4 nitrogen and oxygen atoms in total. The zero-order chi connectivity index (χ0) is 13.9. The molecule has 0 radical (unpaired) electrons. The molecule has 1 aromatic heterocycles. The summed E-state index contributed by atoms with van der Waals surface area (Å²) in [6.45, 7) is 7.09. The van der Waals surface area contributed by atoms with Crippen molar-refractivity contribution in [2.75, 3.05) is 0 Å². The highest BCUT2D eigenvalue weighted by atomic mass is 15.3. The summed E-state index contributed by atoms with van der Waals surface area (Å²) in [5, 5.41) is 17.4. The lowest BCUT2D eigenvalue weighted by Crippen LogP contribution is -2.43. The second-order valence-corrected chi connectivity index (χ2v) is 5.67. The van der Waals surface area contributed by atoms with E-state index >= 15 is 0 Å². The third-order valence-corrected chi connectivity index (χ3v) is 3.81.